The van der Waals surface area contributed by atoms with Gasteiger partial charge in [-0.1, -0.05) is 23.7 Å². The molecule has 0 amide bonds. The molecular formula is C18H12ClN3O3. The lowest BCUT2D eigenvalue weighted by Crippen LogP contribution is -2.20. The number of para-hydroxylation sites is 1. The molecule has 7 heteroatoms. The summed E-state index contributed by atoms with van der Waals surface area (Å²) in [6.07, 6.45) is 2.33. The smallest absolute Gasteiger partial charge is 0.276 e. The molecule has 124 valence electrons. The predicted octanol–water partition coefficient (Wildman–Crippen LogP) is 3.90. The van der Waals surface area contributed by atoms with Gasteiger partial charge >= 0.3 is 0 Å². The zero-order valence-corrected chi connectivity index (χ0v) is 13.7. The van der Waals surface area contributed by atoms with Crippen LogP contribution in [0, 0.1) is 10.1 Å². The van der Waals surface area contributed by atoms with Gasteiger partial charge < -0.3 is 0 Å². The SMILES string of the molecule is O=c1c2ccc(Cl)cc2nc2n1CC/C2=C\c1ccccc1[N+](=O)[O-]. The number of fused-ring (bicyclic) bond motifs is 2. The summed E-state index contributed by atoms with van der Waals surface area (Å²) in [6, 6.07) is 11.5. The van der Waals surface area contributed by atoms with Crippen molar-refractivity contribution in [3.8, 4) is 0 Å². The third-order valence-electron chi connectivity index (χ3n) is 4.27. The molecule has 25 heavy (non-hydrogen) atoms. The van der Waals surface area contributed by atoms with E-state index in [0.717, 1.165) is 5.57 Å². The molecule has 0 atom stereocenters. The van der Waals surface area contributed by atoms with Gasteiger partial charge in [0.25, 0.3) is 11.2 Å². The zero-order valence-electron chi connectivity index (χ0n) is 13.0. The minimum absolute atomic E-state index is 0.0274. The Morgan fingerprint density at radius 2 is 2.04 bits per heavy atom. The fourth-order valence-electron chi connectivity index (χ4n) is 3.09. The molecule has 0 spiro atoms. The molecular weight excluding hydrogens is 342 g/mol. The lowest BCUT2D eigenvalue weighted by atomic mass is 10.1. The van der Waals surface area contributed by atoms with Crippen molar-refractivity contribution in [3.05, 3.63) is 79.3 Å². The number of nitro groups is 1. The molecule has 1 aliphatic rings. The Morgan fingerprint density at radius 3 is 2.84 bits per heavy atom. The van der Waals surface area contributed by atoms with Crippen molar-refractivity contribution < 1.29 is 4.92 Å². The lowest BCUT2D eigenvalue weighted by Gasteiger charge is -2.06. The normalized spacial score (nSPS) is 14.8. The second-order valence-corrected chi connectivity index (χ2v) is 6.23. The summed E-state index contributed by atoms with van der Waals surface area (Å²) >= 11 is 6.01. The summed E-state index contributed by atoms with van der Waals surface area (Å²) < 4.78 is 1.61. The van der Waals surface area contributed by atoms with Crippen LogP contribution in [0.4, 0.5) is 5.69 Å². The second kappa shape index (κ2) is 5.82. The van der Waals surface area contributed by atoms with Crippen molar-refractivity contribution >= 4 is 39.8 Å². The van der Waals surface area contributed by atoms with E-state index >= 15 is 0 Å². The second-order valence-electron chi connectivity index (χ2n) is 5.79. The Hall–Kier alpha value is -2.99. The number of nitrogens with zero attached hydrogens (tertiary/aromatic N) is 3. The van der Waals surface area contributed by atoms with Gasteiger partial charge in [0.1, 0.15) is 5.82 Å². The highest BCUT2D eigenvalue weighted by Crippen LogP contribution is 2.30. The Labute approximate surface area is 147 Å². The maximum absolute atomic E-state index is 12.6. The van der Waals surface area contributed by atoms with E-state index in [1.807, 2.05) is 0 Å². The highest BCUT2D eigenvalue weighted by atomic mass is 35.5. The molecule has 4 rings (SSSR count). The average molecular weight is 354 g/mol. The van der Waals surface area contributed by atoms with Crippen LogP contribution in [0.3, 0.4) is 0 Å². The van der Waals surface area contributed by atoms with Crippen LogP contribution in [-0.4, -0.2) is 14.5 Å². The summed E-state index contributed by atoms with van der Waals surface area (Å²) in [4.78, 5) is 28.0. The Balaban J connectivity index is 1.92. The third kappa shape index (κ3) is 2.60. The molecule has 1 aliphatic heterocycles. The van der Waals surface area contributed by atoms with Crippen LogP contribution in [0.2, 0.25) is 5.02 Å². The van der Waals surface area contributed by atoms with Gasteiger partial charge in [-0.2, -0.15) is 0 Å². The van der Waals surface area contributed by atoms with Crippen molar-refractivity contribution in [2.24, 2.45) is 0 Å². The maximum Gasteiger partial charge on any atom is 0.276 e. The van der Waals surface area contributed by atoms with E-state index in [0.29, 0.717) is 40.3 Å². The Kier molecular flexibility index (Phi) is 3.62. The first-order chi connectivity index (χ1) is 12.0. The highest BCUT2D eigenvalue weighted by Gasteiger charge is 2.22. The molecule has 0 radical (unpaired) electrons. The van der Waals surface area contributed by atoms with Crippen LogP contribution in [0.5, 0.6) is 0 Å². The van der Waals surface area contributed by atoms with E-state index in [1.54, 1.807) is 47.0 Å². The quantitative estimate of drug-likeness (QED) is 0.517. The van der Waals surface area contributed by atoms with E-state index in [2.05, 4.69) is 4.98 Å². The number of halogens is 1. The molecule has 3 aromatic rings. The summed E-state index contributed by atoms with van der Waals surface area (Å²) in [5.74, 6) is 0.540. The highest BCUT2D eigenvalue weighted by molar-refractivity contribution is 6.31. The monoisotopic (exact) mass is 353 g/mol. The molecule has 0 fully saturated rings. The van der Waals surface area contributed by atoms with Gasteiger partial charge in [0.2, 0.25) is 0 Å². The number of allylic oxidation sites excluding steroid dienone is 1. The molecule has 0 N–H and O–H groups in total. The number of aromatic nitrogens is 2. The number of hydrogen-bond acceptors (Lipinski definition) is 4. The standard InChI is InChI=1S/C18H12ClN3O3/c19-13-5-6-14-15(10-13)20-17-12(7-8-21(17)18(14)23)9-11-3-1-2-4-16(11)22(24)25/h1-6,9-10H,7-8H2/b12-9+. The first-order valence-electron chi connectivity index (χ1n) is 7.69. The Bertz CT molecular complexity index is 1120. The fraction of sp³-hybridized carbons (Fsp3) is 0.111. The van der Waals surface area contributed by atoms with E-state index < -0.39 is 4.92 Å². The van der Waals surface area contributed by atoms with Crippen LogP contribution < -0.4 is 5.56 Å². The molecule has 6 nitrogen and oxygen atoms in total. The van der Waals surface area contributed by atoms with E-state index in [9.17, 15) is 14.9 Å². The molecule has 0 unspecified atom stereocenters. The Morgan fingerprint density at radius 1 is 1.24 bits per heavy atom. The van der Waals surface area contributed by atoms with Gasteiger partial charge in [-0.25, -0.2) is 4.98 Å². The third-order valence-corrected chi connectivity index (χ3v) is 4.51. The predicted molar refractivity (Wildman–Crippen MR) is 96.6 cm³/mol. The van der Waals surface area contributed by atoms with Gasteiger partial charge in [-0.05, 0) is 42.3 Å². The van der Waals surface area contributed by atoms with Crippen LogP contribution in [0.1, 0.15) is 17.8 Å². The molecule has 0 aliphatic carbocycles. The van der Waals surface area contributed by atoms with E-state index in [-0.39, 0.29) is 11.2 Å². The molecule has 1 aromatic heterocycles. The van der Waals surface area contributed by atoms with Crippen molar-refractivity contribution in [3.63, 3.8) is 0 Å². The number of benzene rings is 2. The molecule has 2 aromatic carbocycles. The first kappa shape index (κ1) is 15.5. The van der Waals surface area contributed by atoms with Crippen LogP contribution >= 0.6 is 11.6 Å². The summed E-state index contributed by atoms with van der Waals surface area (Å²) in [6.45, 7) is 0.506. The van der Waals surface area contributed by atoms with Gasteiger partial charge in [0, 0.05) is 17.6 Å². The molecule has 2 heterocycles. The minimum Gasteiger partial charge on any atom is -0.292 e. The summed E-state index contributed by atoms with van der Waals surface area (Å²) in [7, 11) is 0. The maximum atomic E-state index is 12.6. The molecule has 0 saturated carbocycles. The summed E-state index contributed by atoms with van der Waals surface area (Å²) in [5, 5.41) is 12.2. The van der Waals surface area contributed by atoms with E-state index in [1.165, 1.54) is 6.07 Å². The van der Waals surface area contributed by atoms with Crippen LogP contribution in [0.15, 0.2) is 47.3 Å². The average Bonchev–Trinajstić information content (AvgIpc) is 2.98. The lowest BCUT2D eigenvalue weighted by molar-refractivity contribution is -0.385. The van der Waals surface area contributed by atoms with Crippen molar-refractivity contribution in [1.82, 2.24) is 9.55 Å². The zero-order chi connectivity index (χ0) is 17.6. The van der Waals surface area contributed by atoms with Crippen LogP contribution in [-0.2, 0) is 6.54 Å². The summed E-state index contributed by atoms with van der Waals surface area (Å²) in [5.41, 5.74) is 1.73. The molecule has 0 bridgehead atoms. The van der Waals surface area contributed by atoms with Gasteiger partial charge in [0.05, 0.1) is 21.4 Å². The van der Waals surface area contributed by atoms with Crippen molar-refractivity contribution in [2.45, 2.75) is 13.0 Å². The topological polar surface area (TPSA) is 78.0 Å². The van der Waals surface area contributed by atoms with Gasteiger partial charge in [0.15, 0.2) is 0 Å². The minimum atomic E-state index is -0.415. The number of nitro benzene ring substituents is 1. The number of rotatable bonds is 2. The van der Waals surface area contributed by atoms with Crippen molar-refractivity contribution in [1.29, 1.82) is 0 Å². The number of hydrogen-bond donors (Lipinski definition) is 0. The van der Waals surface area contributed by atoms with Gasteiger partial charge in [-0.15, -0.1) is 0 Å². The first-order valence-corrected chi connectivity index (χ1v) is 8.07. The van der Waals surface area contributed by atoms with Crippen molar-refractivity contribution in [2.75, 3.05) is 0 Å². The van der Waals surface area contributed by atoms with E-state index in [4.69, 9.17) is 11.6 Å². The fourth-order valence-corrected chi connectivity index (χ4v) is 3.26. The van der Waals surface area contributed by atoms with Gasteiger partial charge in [-0.3, -0.25) is 19.5 Å². The van der Waals surface area contributed by atoms with Crippen LogP contribution in [0.25, 0.3) is 22.6 Å². The molecule has 0 saturated heterocycles. The largest absolute Gasteiger partial charge is 0.292 e.